The maximum atomic E-state index is 13.8. The lowest BCUT2D eigenvalue weighted by Gasteiger charge is -2.42. The van der Waals surface area contributed by atoms with Gasteiger partial charge in [0.15, 0.2) is 0 Å². The van der Waals surface area contributed by atoms with E-state index < -0.39 is 22.0 Å². The van der Waals surface area contributed by atoms with Gasteiger partial charge in [-0.2, -0.15) is 0 Å². The van der Waals surface area contributed by atoms with Crippen molar-refractivity contribution in [1.29, 1.82) is 0 Å². The van der Waals surface area contributed by atoms with Crippen molar-refractivity contribution in [2.24, 2.45) is 0 Å². The molecule has 5 aromatic rings. The summed E-state index contributed by atoms with van der Waals surface area (Å²) in [4.78, 5) is 30.4. The number of methoxy groups -OCH3 is 1. The van der Waals surface area contributed by atoms with Gasteiger partial charge in [-0.05, 0) is 115 Å². The molecule has 5 aromatic carbocycles. The molecule has 11 nitrogen and oxygen atoms in total. The number of anilines is 2. The zero-order chi connectivity index (χ0) is 45.7. The van der Waals surface area contributed by atoms with Gasteiger partial charge in [-0.3, -0.25) is 9.69 Å². The van der Waals surface area contributed by atoms with Crippen LogP contribution in [0.25, 0.3) is 11.1 Å². The van der Waals surface area contributed by atoms with Crippen LogP contribution in [0.4, 0.5) is 11.4 Å². The van der Waals surface area contributed by atoms with E-state index in [9.17, 15) is 23.1 Å². The minimum absolute atomic E-state index is 0.00904. The topological polar surface area (TPSA) is 138 Å². The Labute approximate surface area is 392 Å². The second kappa shape index (κ2) is 23.1. The number of morpholine rings is 1. The molecular weight excluding hydrogens is 880 g/mol. The number of hydrogen-bond donors (Lipinski definition) is 3. The molecular formula is C51H59ClN4O7S2. The SMILES string of the molecule is COC1(Cc2ccccc2-c2ccc(Cl)cc2)CCN(c2ccc(C(=O)NS(=O)(=O)c3ccc(N[C@H](CCN4CCOCC4)CSc4ccccc4)c(CC(O)CCC=O)c3)cc2)CC1. The molecule has 0 aromatic heterocycles. The fourth-order valence-electron chi connectivity index (χ4n) is 8.58. The van der Waals surface area contributed by atoms with Crippen molar-refractivity contribution in [2.75, 3.05) is 69.0 Å². The van der Waals surface area contributed by atoms with Crippen LogP contribution in [-0.2, 0) is 37.1 Å². The predicted molar refractivity (Wildman–Crippen MR) is 261 cm³/mol. The summed E-state index contributed by atoms with van der Waals surface area (Å²) in [6.45, 7) is 5.50. The first-order valence-electron chi connectivity index (χ1n) is 22.3. The number of nitrogens with zero attached hydrogens (tertiary/aromatic N) is 2. The third-order valence-corrected chi connectivity index (χ3v) is 15.2. The lowest BCUT2D eigenvalue weighted by atomic mass is 9.82. The molecule has 2 aliphatic rings. The van der Waals surface area contributed by atoms with Gasteiger partial charge in [0.1, 0.15) is 6.29 Å². The Morgan fingerprint density at radius 2 is 1.60 bits per heavy atom. The van der Waals surface area contributed by atoms with Crippen LogP contribution in [0, 0.1) is 0 Å². The molecule has 2 aliphatic heterocycles. The lowest BCUT2D eigenvalue weighted by Crippen LogP contribution is -2.47. The molecule has 0 spiro atoms. The summed E-state index contributed by atoms with van der Waals surface area (Å²) < 4.78 is 41.7. The van der Waals surface area contributed by atoms with Crippen LogP contribution in [-0.4, -0.2) is 107 Å². The predicted octanol–water partition coefficient (Wildman–Crippen LogP) is 8.53. The van der Waals surface area contributed by atoms with Crippen molar-refractivity contribution in [3.05, 3.63) is 143 Å². The zero-order valence-corrected chi connectivity index (χ0v) is 39.3. The van der Waals surface area contributed by atoms with E-state index in [0.29, 0.717) is 29.5 Å². The first kappa shape index (κ1) is 48.2. The third-order valence-electron chi connectivity index (χ3n) is 12.4. The number of aldehydes is 1. The molecule has 344 valence electrons. The molecule has 1 unspecified atom stereocenters. The number of ether oxygens (including phenoxy) is 2. The molecule has 7 rings (SSSR count). The highest BCUT2D eigenvalue weighted by Gasteiger charge is 2.36. The van der Waals surface area contributed by atoms with Crippen molar-refractivity contribution in [2.45, 2.75) is 72.5 Å². The van der Waals surface area contributed by atoms with Crippen molar-refractivity contribution >= 4 is 57.0 Å². The van der Waals surface area contributed by atoms with Gasteiger partial charge in [0.25, 0.3) is 15.9 Å². The molecule has 2 saturated heterocycles. The van der Waals surface area contributed by atoms with Gasteiger partial charge >= 0.3 is 0 Å². The number of nitrogens with one attached hydrogen (secondary N) is 2. The Balaban J connectivity index is 1.01. The Morgan fingerprint density at radius 3 is 2.31 bits per heavy atom. The van der Waals surface area contributed by atoms with Crippen LogP contribution in [0.15, 0.2) is 131 Å². The number of sulfonamides is 1. The summed E-state index contributed by atoms with van der Waals surface area (Å²) in [5.41, 5.74) is 5.55. The minimum Gasteiger partial charge on any atom is -0.393 e. The van der Waals surface area contributed by atoms with Gasteiger partial charge in [-0.1, -0.05) is 66.2 Å². The first-order chi connectivity index (χ1) is 31.5. The monoisotopic (exact) mass is 938 g/mol. The number of aliphatic hydroxyl groups is 1. The number of benzene rings is 5. The number of rotatable bonds is 21. The van der Waals surface area contributed by atoms with E-state index in [2.05, 4.69) is 50.2 Å². The smallest absolute Gasteiger partial charge is 0.264 e. The maximum Gasteiger partial charge on any atom is 0.264 e. The largest absolute Gasteiger partial charge is 0.393 e. The molecule has 0 bridgehead atoms. The summed E-state index contributed by atoms with van der Waals surface area (Å²) in [5.74, 6) is 0.00646. The number of carbonyl (C=O) groups is 2. The highest BCUT2D eigenvalue weighted by molar-refractivity contribution is 7.99. The van der Waals surface area contributed by atoms with Crippen molar-refractivity contribution in [3.63, 3.8) is 0 Å². The number of halogens is 1. The molecule has 3 N–H and O–H groups in total. The number of amides is 1. The number of hydrogen-bond acceptors (Lipinski definition) is 11. The van der Waals surface area contributed by atoms with Gasteiger partial charge in [-0.25, -0.2) is 13.1 Å². The summed E-state index contributed by atoms with van der Waals surface area (Å²) in [6, 6.07) is 38.2. The molecule has 0 aliphatic carbocycles. The fourth-order valence-corrected chi connectivity index (χ4v) is 10.7. The van der Waals surface area contributed by atoms with Crippen LogP contribution >= 0.6 is 23.4 Å². The highest BCUT2D eigenvalue weighted by atomic mass is 35.5. The zero-order valence-electron chi connectivity index (χ0n) is 36.9. The van der Waals surface area contributed by atoms with Gasteiger partial charge < -0.3 is 29.6 Å². The van der Waals surface area contributed by atoms with Crippen molar-refractivity contribution in [3.8, 4) is 11.1 Å². The van der Waals surface area contributed by atoms with Crippen molar-refractivity contribution < 1.29 is 32.6 Å². The Kier molecular flexibility index (Phi) is 17.2. The lowest BCUT2D eigenvalue weighted by molar-refractivity contribution is -0.108. The second-order valence-corrected chi connectivity index (χ2v) is 20.0. The maximum absolute atomic E-state index is 13.8. The van der Waals surface area contributed by atoms with Crippen LogP contribution in [0.2, 0.25) is 5.02 Å². The number of piperidine rings is 1. The van der Waals surface area contributed by atoms with E-state index >= 15 is 0 Å². The standard InChI is InChI=1S/C51H59ClN4O7S2/c1-62-51(36-40-8-5-6-12-48(40)38-13-17-42(52)18-14-38)24-27-56(28-25-51)44-19-15-39(16-20-44)50(59)54-65(60,61)47-21-22-49(41(35-47)34-45(58)9-7-31-57)53-43(23-26-55-29-32-63-33-30-55)37-64-46-10-3-2-4-11-46/h2-6,8,10-22,31,35,43,45,53,58H,7,9,23-30,32-34,36-37H2,1H3,(H,54,59)/t43-,45?/m1/s1. The summed E-state index contributed by atoms with van der Waals surface area (Å²) in [6.07, 6.45) is 3.61. The van der Waals surface area contributed by atoms with Crippen LogP contribution in [0.3, 0.4) is 0 Å². The van der Waals surface area contributed by atoms with Crippen molar-refractivity contribution in [1.82, 2.24) is 9.62 Å². The van der Waals surface area contributed by atoms with Gasteiger partial charge in [-0.15, -0.1) is 11.8 Å². The number of aliphatic hydroxyl groups excluding tert-OH is 1. The summed E-state index contributed by atoms with van der Waals surface area (Å²) >= 11 is 7.91. The molecule has 0 radical (unpaired) electrons. The number of carbonyl (C=O) groups excluding carboxylic acids is 2. The van der Waals surface area contributed by atoms with E-state index in [1.54, 1.807) is 37.1 Å². The van der Waals surface area contributed by atoms with Gasteiger partial charge in [0.05, 0.1) is 29.8 Å². The minimum atomic E-state index is -4.31. The average molecular weight is 940 g/mol. The highest BCUT2D eigenvalue weighted by Crippen LogP contribution is 2.36. The van der Waals surface area contributed by atoms with Crippen LogP contribution in [0.5, 0.6) is 0 Å². The second-order valence-electron chi connectivity index (χ2n) is 16.8. The van der Waals surface area contributed by atoms with E-state index in [1.807, 2.05) is 60.7 Å². The van der Waals surface area contributed by atoms with Crippen LogP contribution in [0.1, 0.15) is 53.6 Å². The third kappa shape index (κ3) is 13.4. The summed E-state index contributed by atoms with van der Waals surface area (Å²) in [7, 11) is -2.53. The van der Waals surface area contributed by atoms with E-state index in [1.165, 1.54) is 17.7 Å². The van der Waals surface area contributed by atoms with Gasteiger partial charge in [0, 0.05) is 97.7 Å². The van der Waals surface area contributed by atoms with E-state index in [4.69, 9.17) is 21.1 Å². The quantitative estimate of drug-likeness (QED) is 0.0483. The summed E-state index contributed by atoms with van der Waals surface area (Å²) in [5, 5.41) is 15.3. The van der Waals surface area contributed by atoms with E-state index in [0.717, 1.165) is 92.2 Å². The number of thioether (sulfide) groups is 1. The molecule has 14 heteroatoms. The fraction of sp³-hybridized carbons (Fsp3) is 0.373. The molecule has 2 atom stereocenters. The van der Waals surface area contributed by atoms with Crippen LogP contribution < -0.4 is 14.9 Å². The van der Waals surface area contributed by atoms with Gasteiger partial charge in [0.2, 0.25) is 0 Å². The van der Waals surface area contributed by atoms with E-state index in [-0.39, 0.29) is 41.4 Å². The Bertz CT molecular complexity index is 2430. The normalized spacial score (nSPS) is 16.4. The average Bonchev–Trinajstić information content (AvgIpc) is 3.33. The Morgan fingerprint density at radius 1 is 0.892 bits per heavy atom. The molecule has 1 amide bonds. The molecule has 0 saturated carbocycles. The molecule has 2 heterocycles. The first-order valence-corrected chi connectivity index (χ1v) is 25.2. The molecule has 65 heavy (non-hydrogen) atoms. The molecule has 2 fully saturated rings. The Hall–Kier alpha value is -4.73.